The van der Waals surface area contributed by atoms with Gasteiger partial charge in [-0.3, -0.25) is 9.59 Å². The predicted molar refractivity (Wildman–Crippen MR) is 261 cm³/mol. The summed E-state index contributed by atoms with van der Waals surface area (Å²) in [6, 6.07) is 10.8. The zero-order chi connectivity index (χ0) is 49.0. The van der Waals surface area contributed by atoms with Crippen molar-refractivity contribution < 1.29 is 42.2 Å². The van der Waals surface area contributed by atoms with Crippen LogP contribution in [0.3, 0.4) is 0 Å². The van der Waals surface area contributed by atoms with Gasteiger partial charge in [0.05, 0.1) is 29.8 Å². The summed E-state index contributed by atoms with van der Waals surface area (Å²) in [7, 11) is -2.26. The number of nitrogens with zero attached hydrogens (tertiary/aromatic N) is 4. The number of fused-ring (bicyclic) bond motifs is 3. The number of carbonyl (C=O) groups is 4. The van der Waals surface area contributed by atoms with Crippen molar-refractivity contribution in [2.45, 2.75) is 146 Å². The molecule has 2 fully saturated rings. The molecule has 2 aromatic carbocycles. The first-order chi connectivity index (χ1) is 32.3. The lowest BCUT2D eigenvalue weighted by Crippen LogP contribution is -2.61. The highest BCUT2D eigenvalue weighted by atomic mass is 32.2. The molecule has 0 radical (unpaired) electrons. The van der Waals surface area contributed by atoms with Crippen LogP contribution >= 0.6 is 11.3 Å². The fraction of sp³-hybridized carbons (Fsp3) is 0.551. The molecule has 2 aromatic heterocycles. The SMILES string of the molecule is CC[C@]1(C(=O)O)CCCCCCC[C@H](NC(=O)NC(CN2CCc3ccccc3S2(=O)=O)C(C)(C)C)C(=O)N2C[C@H](Oc3cc(-c4csc(NC(C)C)n4)nc4cc(OC)ccc34)C[C@H]2C(=O)N1. The lowest BCUT2D eigenvalue weighted by atomic mass is 9.86. The summed E-state index contributed by atoms with van der Waals surface area (Å²) >= 11 is 1.45. The summed E-state index contributed by atoms with van der Waals surface area (Å²) in [5, 5.41) is 26.0. The van der Waals surface area contributed by atoms with Gasteiger partial charge in [0.15, 0.2) is 5.13 Å². The number of amides is 4. The minimum absolute atomic E-state index is 0.0129. The Morgan fingerprint density at radius 3 is 2.50 bits per heavy atom. The largest absolute Gasteiger partial charge is 0.497 e. The average Bonchev–Trinajstić information content (AvgIpc) is 3.94. The molecular formula is C49H66N8O9S2. The number of hydrogen-bond donors (Lipinski definition) is 5. The highest BCUT2D eigenvalue weighted by Gasteiger charge is 2.47. The first-order valence-electron chi connectivity index (χ1n) is 23.7. The van der Waals surface area contributed by atoms with Crippen molar-refractivity contribution >= 4 is 61.2 Å². The summed E-state index contributed by atoms with van der Waals surface area (Å²) in [5.74, 6) is -1.25. The molecule has 4 amide bonds. The topological polar surface area (TPSA) is 221 Å². The normalized spacial score (nSPS) is 23.2. The number of carboxylic acids is 1. The monoisotopic (exact) mass is 974 g/mol. The average molecular weight is 975 g/mol. The Hall–Kier alpha value is -5.53. The first-order valence-corrected chi connectivity index (χ1v) is 26.0. The molecule has 7 rings (SSSR count). The quantitative estimate of drug-likeness (QED) is 0.0973. The number of benzene rings is 2. The maximum absolute atomic E-state index is 15.0. The van der Waals surface area contributed by atoms with Crippen LogP contribution in [0.25, 0.3) is 22.3 Å². The molecule has 5 heterocycles. The van der Waals surface area contributed by atoms with Crippen LogP contribution in [0.1, 0.15) is 105 Å². The van der Waals surface area contributed by atoms with Crippen LogP contribution in [-0.4, -0.2) is 119 Å². The van der Waals surface area contributed by atoms with Crippen LogP contribution in [0.2, 0.25) is 0 Å². The number of nitrogens with one attached hydrogen (secondary N) is 4. The summed E-state index contributed by atoms with van der Waals surface area (Å²) in [6.07, 6.45) is 3.85. The van der Waals surface area contributed by atoms with E-state index in [4.69, 9.17) is 19.4 Å². The fourth-order valence-corrected chi connectivity index (χ4v) is 11.8. The number of ether oxygens (including phenoxy) is 2. The molecule has 368 valence electrons. The number of urea groups is 1. The molecule has 0 saturated carbocycles. The minimum Gasteiger partial charge on any atom is -0.497 e. The van der Waals surface area contributed by atoms with E-state index >= 15 is 4.79 Å². The fourth-order valence-electron chi connectivity index (χ4n) is 9.27. The number of thiazole rings is 1. The molecule has 2 saturated heterocycles. The van der Waals surface area contributed by atoms with E-state index < -0.39 is 69.0 Å². The van der Waals surface area contributed by atoms with Gasteiger partial charge in [-0.25, -0.2) is 28.0 Å². The number of hydrogen-bond acceptors (Lipinski definition) is 12. The van der Waals surface area contributed by atoms with Crippen LogP contribution in [0.5, 0.6) is 11.5 Å². The number of rotatable bonds is 12. The summed E-state index contributed by atoms with van der Waals surface area (Å²) < 4.78 is 41.3. The van der Waals surface area contributed by atoms with E-state index in [1.165, 1.54) is 20.5 Å². The number of sulfonamides is 1. The van der Waals surface area contributed by atoms with Crippen LogP contribution in [0.15, 0.2) is 58.8 Å². The number of carboxylic acid groups (broad SMARTS) is 1. The van der Waals surface area contributed by atoms with Crippen LogP contribution < -0.4 is 30.7 Å². The number of anilines is 1. The molecular weight excluding hydrogens is 909 g/mol. The van der Waals surface area contributed by atoms with E-state index in [0.717, 1.165) is 30.0 Å². The number of methoxy groups -OCH3 is 1. The minimum atomic E-state index is -3.83. The number of carbonyl (C=O) groups excluding carboxylic acids is 3. The van der Waals surface area contributed by atoms with E-state index in [2.05, 4.69) is 21.3 Å². The van der Waals surface area contributed by atoms with Gasteiger partial charge in [0.25, 0.3) is 0 Å². The molecule has 1 unspecified atom stereocenters. The van der Waals surface area contributed by atoms with Gasteiger partial charge in [-0.15, -0.1) is 11.3 Å². The Balaban J connectivity index is 1.19. The maximum atomic E-state index is 15.0. The molecule has 0 spiro atoms. The molecule has 4 aromatic rings. The van der Waals surface area contributed by atoms with Crippen LogP contribution in [0, 0.1) is 5.41 Å². The van der Waals surface area contributed by atoms with Crippen molar-refractivity contribution in [1.82, 2.24) is 35.1 Å². The third kappa shape index (κ3) is 11.3. The van der Waals surface area contributed by atoms with Crippen molar-refractivity contribution in [3.05, 3.63) is 59.5 Å². The highest BCUT2D eigenvalue weighted by Crippen LogP contribution is 2.36. The van der Waals surface area contributed by atoms with E-state index in [1.54, 1.807) is 44.4 Å². The lowest BCUT2D eigenvalue weighted by molar-refractivity contribution is -0.150. The highest BCUT2D eigenvalue weighted by molar-refractivity contribution is 7.89. The van der Waals surface area contributed by atoms with Gasteiger partial charge in [-0.2, -0.15) is 4.31 Å². The van der Waals surface area contributed by atoms with Crippen LogP contribution in [-0.2, 0) is 30.8 Å². The summed E-state index contributed by atoms with van der Waals surface area (Å²) in [5.41, 5.74) is 0.353. The molecule has 68 heavy (non-hydrogen) atoms. The second kappa shape index (κ2) is 21.0. The lowest BCUT2D eigenvalue weighted by Gasteiger charge is -2.37. The van der Waals surface area contributed by atoms with Gasteiger partial charge in [-0.1, -0.05) is 78.0 Å². The van der Waals surface area contributed by atoms with Gasteiger partial charge in [-0.05, 0) is 68.7 Å². The van der Waals surface area contributed by atoms with Crippen molar-refractivity contribution in [2.24, 2.45) is 5.41 Å². The molecule has 17 nitrogen and oxygen atoms in total. The van der Waals surface area contributed by atoms with Gasteiger partial charge >= 0.3 is 12.0 Å². The maximum Gasteiger partial charge on any atom is 0.329 e. The van der Waals surface area contributed by atoms with Gasteiger partial charge in [0, 0.05) is 54.5 Å². The summed E-state index contributed by atoms with van der Waals surface area (Å²) in [6.45, 7) is 11.8. The Morgan fingerprint density at radius 2 is 1.78 bits per heavy atom. The summed E-state index contributed by atoms with van der Waals surface area (Å²) in [4.78, 5) is 68.1. The Morgan fingerprint density at radius 1 is 1.03 bits per heavy atom. The molecule has 19 heteroatoms. The van der Waals surface area contributed by atoms with Gasteiger partial charge in [0.2, 0.25) is 21.8 Å². The van der Waals surface area contributed by atoms with E-state index in [0.29, 0.717) is 53.1 Å². The Kier molecular flexibility index (Phi) is 15.5. The standard InChI is InChI=1S/C49H66N8O9S2/c1-8-49(45(60)61)22-15-11-9-10-12-17-35(52-46(62)54-42(48(4,5)6)28-56-23-21-31-16-13-14-18-41(31)68(56,63)64)44(59)57-27-33(25-39(57)43(58)55-49)66-40-26-37(38-29-67-47(53-38)50-30(2)3)51-36-24-32(65-7)19-20-34(36)40/h13-14,16,18-20,24,26,29-30,33,35,39,42H,8-12,15,17,21-23,25,27-28H2,1-7H3,(H,50,53)(H,55,58)(H,60,61)(H2,52,54,62)/t33-,35+,39+,42?,49-/m1/s1. The smallest absolute Gasteiger partial charge is 0.329 e. The van der Waals surface area contributed by atoms with E-state index in [1.807, 2.05) is 58.2 Å². The Labute approximate surface area is 403 Å². The molecule has 5 atom stereocenters. The van der Waals surface area contributed by atoms with Crippen molar-refractivity contribution in [3.63, 3.8) is 0 Å². The van der Waals surface area contributed by atoms with Crippen molar-refractivity contribution in [2.75, 3.05) is 32.1 Å². The van der Waals surface area contributed by atoms with E-state index in [9.17, 15) is 27.9 Å². The molecule has 5 N–H and O–H groups in total. The zero-order valence-corrected chi connectivity index (χ0v) is 41.7. The first kappa shape index (κ1) is 50.3. The third-order valence-electron chi connectivity index (χ3n) is 13.3. The predicted octanol–water partition coefficient (Wildman–Crippen LogP) is 6.96. The second-order valence-corrected chi connectivity index (χ2v) is 22.3. The Bertz CT molecular complexity index is 2600. The second-order valence-electron chi connectivity index (χ2n) is 19.6. The molecule has 3 aliphatic rings. The van der Waals surface area contributed by atoms with Crippen molar-refractivity contribution in [1.29, 1.82) is 0 Å². The molecule has 0 aliphatic carbocycles. The van der Waals surface area contributed by atoms with Gasteiger partial charge < -0.3 is 40.7 Å². The molecule has 0 bridgehead atoms. The van der Waals surface area contributed by atoms with Gasteiger partial charge in [0.1, 0.15) is 40.9 Å². The zero-order valence-electron chi connectivity index (χ0n) is 40.1. The number of aromatic nitrogens is 2. The van der Waals surface area contributed by atoms with Crippen molar-refractivity contribution in [3.8, 4) is 22.9 Å². The third-order valence-corrected chi connectivity index (χ3v) is 16.1. The number of aliphatic carboxylic acids is 1. The molecule has 3 aliphatic heterocycles. The van der Waals surface area contributed by atoms with Crippen LogP contribution in [0.4, 0.5) is 9.93 Å². The number of pyridine rings is 1. The van der Waals surface area contributed by atoms with E-state index in [-0.39, 0.29) is 56.3 Å².